The number of amides is 2. The number of rotatable bonds is 6. The topological polar surface area (TPSA) is 63.0 Å². The average molecular weight is 422 g/mol. The molecule has 31 heavy (non-hydrogen) atoms. The van der Waals surface area contributed by atoms with Crippen LogP contribution in [0.2, 0.25) is 0 Å². The van der Waals surface area contributed by atoms with Crippen LogP contribution in [0.1, 0.15) is 21.7 Å². The van der Waals surface area contributed by atoms with E-state index < -0.39 is 6.10 Å². The molecule has 2 amide bonds. The highest BCUT2D eigenvalue weighted by atomic mass is 19.1. The summed E-state index contributed by atoms with van der Waals surface area (Å²) in [5, 5.41) is 0. The quantitative estimate of drug-likeness (QED) is 0.610. The first-order valence-electron chi connectivity index (χ1n) is 10.1. The van der Waals surface area contributed by atoms with Gasteiger partial charge in [-0.3, -0.25) is 9.59 Å². The number of halogens is 1. The van der Waals surface area contributed by atoms with Gasteiger partial charge in [0.2, 0.25) is 5.91 Å². The summed E-state index contributed by atoms with van der Waals surface area (Å²) in [6, 6.07) is 19.2. The fourth-order valence-corrected chi connectivity index (χ4v) is 3.57. The molecule has 7 heteroatoms. The van der Waals surface area contributed by atoms with E-state index in [1.54, 1.807) is 35.2 Å². The average Bonchev–Trinajstić information content (AvgIpc) is 3.27. The maximum absolute atomic E-state index is 14.0. The molecule has 1 fully saturated rings. The van der Waals surface area contributed by atoms with Gasteiger partial charge >= 0.3 is 0 Å². The molecule has 3 aromatic rings. The molecule has 0 radical (unpaired) electrons. The third-order valence-corrected chi connectivity index (χ3v) is 5.19. The molecule has 0 N–H and O–H groups in total. The zero-order chi connectivity index (χ0) is 21.6. The van der Waals surface area contributed by atoms with Crippen LogP contribution in [-0.4, -0.2) is 47.4 Å². The SMILES string of the molecule is O=C1CN(C(=O)c2ccco2)CC(OCc2ccccc2F)CN1Cc1ccccc1. The number of benzene rings is 2. The van der Waals surface area contributed by atoms with Crippen LogP contribution in [0.5, 0.6) is 0 Å². The maximum atomic E-state index is 14.0. The Bertz CT molecular complexity index is 1020. The highest BCUT2D eigenvalue weighted by Gasteiger charge is 2.32. The van der Waals surface area contributed by atoms with Crippen molar-refractivity contribution in [1.29, 1.82) is 0 Å². The number of carbonyl (C=O) groups excluding carboxylic acids is 2. The van der Waals surface area contributed by atoms with Crippen molar-refractivity contribution in [3.63, 3.8) is 0 Å². The molecule has 0 aliphatic carbocycles. The molecule has 1 aliphatic rings. The number of hydrogen-bond donors (Lipinski definition) is 0. The van der Waals surface area contributed by atoms with Crippen LogP contribution >= 0.6 is 0 Å². The smallest absolute Gasteiger partial charge is 0.290 e. The molecule has 2 heterocycles. The predicted octanol–water partition coefficient (Wildman–Crippen LogP) is 3.49. The summed E-state index contributed by atoms with van der Waals surface area (Å²) < 4.78 is 25.2. The summed E-state index contributed by atoms with van der Waals surface area (Å²) >= 11 is 0. The first-order valence-corrected chi connectivity index (χ1v) is 10.1. The lowest BCUT2D eigenvalue weighted by Gasteiger charge is -2.25. The Hall–Kier alpha value is -3.45. The molecular weight excluding hydrogens is 399 g/mol. The second kappa shape index (κ2) is 9.57. The van der Waals surface area contributed by atoms with E-state index in [4.69, 9.17) is 9.15 Å². The Morgan fingerprint density at radius 2 is 1.81 bits per heavy atom. The third kappa shape index (κ3) is 5.19. The van der Waals surface area contributed by atoms with Gasteiger partial charge in [0, 0.05) is 25.2 Å². The van der Waals surface area contributed by atoms with E-state index >= 15 is 0 Å². The molecule has 2 aromatic carbocycles. The molecule has 160 valence electrons. The van der Waals surface area contributed by atoms with E-state index in [0.29, 0.717) is 18.7 Å². The lowest BCUT2D eigenvalue weighted by molar-refractivity contribution is -0.132. The van der Waals surface area contributed by atoms with Gasteiger partial charge in [-0.25, -0.2) is 4.39 Å². The number of hydrogen-bond acceptors (Lipinski definition) is 4. The van der Waals surface area contributed by atoms with Gasteiger partial charge in [-0.05, 0) is 23.8 Å². The Morgan fingerprint density at radius 3 is 2.55 bits per heavy atom. The second-order valence-electron chi connectivity index (χ2n) is 7.45. The molecule has 1 atom stereocenters. The first-order chi connectivity index (χ1) is 15.1. The molecule has 1 aromatic heterocycles. The summed E-state index contributed by atoms with van der Waals surface area (Å²) in [5.74, 6) is -0.742. The van der Waals surface area contributed by atoms with E-state index in [0.717, 1.165) is 5.56 Å². The van der Waals surface area contributed by atoms with Crippen molar-refractivity contribution in [3.8, 4) is 0 Å². The van der Waals surface area contributed by atoms with Gasteiger partial charge in [0.15, 0.2) is 5.76 Å². The monoisotopic (exact) mass is 422 g/mol. The van der Waals surface area contributed by atoms with Gasteiger partial charge in [-0.2, -0.15) is 0 Å². The predicted molar refractivity (Wildman–Crippen MR) is 111 cm³/mol. The first kappa shape index (κ1) is 20.8. The van der Waals surface area contributed by atoms with Crippen molar-refractivity contribution >= 4 is 11.8 Å². The molecule has 1 aliphatic heterocycles. The van der Waals surface area contributed by atoms with Crippen molar-refractivity contribution in [2.24, 2.45) is 0 Å². The Labute approximate surface area is 179 Å². The summed E-state index contributed by atoms with van der Waals surface area (Å²) in [5.41, 5.74) is 1.41. The largest absolute Gasteiger partial charge is 0.459 e. The zero-order valence-corrected chi connectivity index (χ0v) is 16.9. The van der Waals surface area contributed by atoms with Crippen LogP contribution in [-0.2, 0) is 22.7 Å². The molecule has 0 saturated carbocycles. The van der Waals surface area contributed by atoms with E-state index in [1.165, 1.54) is 17.2 Å². The highest BCUT2D eigenvalue weighted by Crippen LogP contribution is 2.17. The standard InChI is InChI=1S/C24H23FN2O4/c25-21-10-5-4-9-19(21)17-31-20-14-26(13-18-7-2-1-3-8-18)23(28)16-27(15-20)24(29)22-11-6-12-30-22/h1-12,20H,13-17H2. The Balaban J connectivity index is 1.53. The minimum atomic E-state index is -0.478. The van der Waals surface area contributed by atoms with E-state index in [9.17, 15) is 14.0 Å². The molecule has 6 nitrogen and oxygen atoms in total. The minimum absolute atomic E-state index is 0.0491. The Kier molecular flexibility index (Phi) is 6.43. The number of carbonyl (C=O) groups is 2. The Morgan fingerprint density at radius 1 is 1.03 bits per heavy atom. The lowest BCUT2D eigenvalue weighted by Crippen LogP contribution is -2.39. The van der Waals surface area contributed by atoms with Crippen LogP contribution in [0.4, 0.5) is 4.39 Å². The van der Waals surface area contributed by atoms with Gasteiger partial charge in [0.05, 0.1) is 19.0 Å². The normalized spacial score (nSPS) is 16.9. The van der Waals surface area contributed by atoms with Crippen LogP contribution in [0.25, 0.3) is 0 Å². The van der Waals surface area contributed by atoms with Crippen molar-refractivity contribution in [2.45, 2.75) is 19.3 Å². The zero-order valence-electron chi connectivity index (χ0n) is 16.9. The summed E-state index contributed by atoms with van der Waals surface area (Å²) in [4.78, 5) is 28.9. The molecule has 4 rings (SSSR count). The molecule has 1 unspecified atom stereocenters. The third-order valence-electron chi connectivity index (χ3n) is 5.19. The fraction of sp³-hybridized carbons (Fsp3) is 0.250. The summed E-state index contributed by atoms with van der Waals surface area (Å²) in [6.07, 6.45) is 0.939. The molecular formula is C24H23FN2O4. The molecule has 1 saturated heterocycles. The van der Waals surface area contributed by atoms with Gasteiger partial charge in [-0.1, -0.05) is 48.5 Å². The minimum Gasteiger partial charge on any atom is -0.459 e. The highest BCUT2D eigenvalue weighted by molar-refractivity contribution is 5.94. The number of furan rings is 1. The van der Waals surface area contributed by atoms with Crippen molar-refractivity contribution in [3.05, 3.63) is 95.7 Å². The van der Waals surface area contributed by atoms with Gasteiger partial charge in [0.1, 0.15) is 12.4 Å². The summed E-state index contributed by atoms with van der Waals surface area (Å²) in [6.45, 7) is 0.872. The summed E-state index contributed by atoms with van der Waals surface area (Å²) in [7, 11) is 0. The second-order valence-corrected chi connectivity index (χ2v) is 7.45. The van der Waals surface area contributed by atoms with Crippen LogP contribution in [0.3, 0.4) is 0 Å². The van der Waals surface area contributed by atoms with Crippen LogP contribution < -0.4 is 0 Å². The van der Waals surface area contributed by atoms with Crippen LogP contribution in [0.15, 0.2) is 77.4 Å². The van der Waals surface area contributed by atoms with E-state index in [1.807, 2.05) is 30.3 Å². The number of ether oxygens (including phenoxy) is 1. The van der Waals surface area contributed by atoms with Crippen molar-refractivity contribution in [2.75, 3.05) is 19.6 Å². The van der Waals surface area contributed by atoms with E-state index in [2.05, 4.69) is 0 Å². The van der Waals surface area contributed by atoms with Gasteiger partial charge in [-0.15, -0.1) is 0 Å². The van der Waals surface area contributed by atoms with E-state index in [-0.39, 0.29) is 43.1 Å². The van der Waals surface area contributed by atoms with Crippen molar-refractivity contribution in [1.82, 2.24) is 9.80 Å². The fourth-order valence-electron chi connectivity index (χ4n) is 3.57. The number of nitrogens with zero attached hydrogens (tertiary/aromatic N) is 2. The lowest BCUT2D eigenvalue weighted by atomic mass is 10.2. The van der Waals surface area contributed by atoms with Gasteiger partial charge in [0.25, 0.3) is 5.91 Å². The van der Waals surface area contributed by atoms with Crippen molar-refractivity contribution < 1.29 is 23.1 Å². The molecule has 0 spiro atoms. The van der Waals surface area contributed by atoms with Crippen LogP contribution in [0, 0.1) is 5.82 Å². The maximum Gasteiger partial charge on any atom is 0.290 e. The van der Waals surface area contributed by atoms with Gasteiger partial charge < -0.3 is 19.0 Å². The molecule has 0 bridgehead atoms.